The van der Waals surface area contributed by atoms with Gasteiger partial charge in [-0.2, -0.15) is 5.26 Å². The lowest BCUT2D eigenvalue weighted by molar-refractivity contribution is -0.124. The van der Waals surface area contributed by atoms with E-state index in [1.54, 1.807) is 27.7 Å². The molecule has 2 aromatic heterocycles. The van der Waals surface area contributed by atoms with Gasteiger partial charge < -0.3 is 19.5 Å². The monoisotopic (exact) mass is 588 g/mol. The molecule has 1 aromatic carbocycles. The molecule has 0 radical (unpaired) electrons. The summed E-state index contributed by atoms with van der Waals surface area (Å²) in [6.07, 6.45) is -0.982. The van der Waals surface area contributed by atoms with Gasteiger partial charge in [-0.05, 0) is 58.4 Å². The lowest BCUT2D eigenvalue weighted by Gasteiger charge is -2.23. The van der Waals surface area contributed by atoms with Crippen LogP contribution in [0.15, 0.2) is 27.8 Å². The number of aromatic nitrogens is 2. The zero-order valence-electron chi connectivity index (χ0n) is 23.8. The Morgan fingerprint density at radius 1 is 1.22 bits per heavy atom. The first-order valence-electron chi connectivity index (χ1n) is 13.0. The number of thiophene rings is 1. The van der Waals surface area contributed by atoms with Gasteiger partial charge in [0.25, 0.3) is 5.56 Å². The summed E-state index contributed by atoms with van der Waals surface area (Å²) in [5.41, 5.74) is -0.984. The van der Waals surface area contributed by atoms with Gasteiger partial charge in [0.1, 0.15) is 33.4 Å². The number of esters is 1. The molecule has 3 rings (SSSR count). The number of fused-ring (bicyclic) bond motifs is 1. The molecule has 0 fully saturated rings. The van der Waals surface area contributed by atoms with Crippen LogP contribution in [-0.4, -0.2) is 47.4 Å². The minimum atomic E-state index is -1.19. The highest BCUT2D eigenvalue weighted by Gasteiger charge is 2.29. The Labute approximate surface area is 240 Å². The van der Waals surface area contributed by atoms with Crippen molar-refractivity contribution in [3.8, 4) is 11.8 Å². The number of nitrogens with zero attached hydrogens (tertiary/aromatic N) is 3. The highest BCUT2D eigenvalue weighted by Crippen LogP contribution is 2.33. The third-order valence-electron chi connectivity index (χ3n) is 6.32. The van der Waals surface area contributed by atoms with Crippen LogP contribution in [0.25, 0.3) is 10.2 Å². The average Bonchev–Trinajstić information content (AvgIpc) is 3.27. The smallest absolute Gasteiger partial charge is 0.348 e. The van der Waals surface area contributed by atoms with Crippen LogP contribution in [0.1, 0.15) is 67.1 Å². The molecule has 3 aromatic rings. The topological polar surface area (TPSA) is 142 Å². The SMILES string of the molecule is CCOC(=O)c1sc2c(c1C)c(=O)n([C@H](C)C(=O)NC(C)C)c(=O)n2C[C@H](OCCC#N)c1cc(F)ccc1OC. The molecule has 0 aliphatic heterocycles. The average molecular weight is 589 g/mol. The summed E-state index contributed by atoms with van der Waals surface area (Å²) in [6, 6.07) is 4.36. The van der Waals surface area contributed by atoms with Gasteiger partial charge in [-0.25, -0.2) is 18.5 Å². The number of ether oxygens (including phenoxy) is 3. The molecule has 1 N–H and O–H groups in total. The number of aryl methyl sites for hydroxylation is 1. The van der Waals surface area contributed by atoms with Crippen molar-refractivity contribution in [2.45, 2.75) is 65.8 Å². The number of halogens is 1. The fraction of sp³-hybridized carbons (Fsp3) is 0.464. The van der Waals surface area contributed by atoms with E-state index in [2.05, 4.69) is 5.32 Å². The molecule has 0 bridgehead atoms. The van der Waals surface area contributed by atoms with Crippen LogP contribution in [0.5, 0.6) is 5.75 Å². The highest BCUT2D eigenvalue weighted by molar-refractivity contribution is 7.20. The Morgan fingerprint density at radius 3 is 2.54 bits per heavy atom. The first-order valence-corrected chi connectivity index (χ1v) is 13.9. The lowest BCUT2D eigenvalue weighted by atomic mass is 10.1. The van der Waals surface area contributed by atoms with Crippen LogP contribution in [0.3, 0.4) is 0 Å². The summed E-state index contributed by atoms with van der Waals surface area (Å²) >= 11 is 0.906. The summed E-state index contributed by atoms with van der Waals surface area (Å²) in [6.45, 7) is 7.96. The first-order chi connectivity index (χ1) is 19.5. The molecule has 0 aliphatic rings. The molecule has 13 heteroatoms. The van der Waals surface area contributed by atoms with Crippen molar-refractivity contribution in [3.63, 3.8) is 0 Å². The van der Waals surface area contributed by atoms with Gasteiger partial charge in [0.15, 0.2) is 0 Å². The quantitative estimate of drug-likeness (QED) is 0.250. The second kappa shape index (κ2) is 13.6. The van der Waals surface area contributed by atoms with Crippen molar-refractivity contribution in [3.05, 3.63) is 60.9 Å². The predicted molar refractivity (Wildman–Crippen MR) is 151 cm³/mol. The molecule has 2 heterocycles. The zero-order valence-corrected chi connectivity index (χ0v) is 24.6. The third-order valence-corrected chi connectivity index (χ3v) is 7.62. The molecule has 11 nitrogen and oxygen atoms in total. The van der Waals surface area contributed by atoms with Crippen LogP contribution in [0.2, 0.25) is 0 Å². The van der Waals surface area contributed by atoms with Gasteiger partial charge >= 0.3 is 11.7 Å². The molecule has 0 unspecified atom stereocenters. The molecule has 1 amide bonds. The number of carbonyl (C=O) groups excluding carboxylic acids is 2. The summed E-state index contributed by atoms with van der Waals surface area (Å²) in [5, 5.41) is 11.8. The van der Waals surface area contributed by atoms with Crippen LogP contribution < -0.4 is 21.3 Å². The maximum absolute atomic E-state index is 14.4. The molecule has 0 saturated carbocycles. The first kappa shape index (κ1) is 31.5. The van der Waals surface area contributed by atoms with E-state index in [1.807, 2.05) is 6.07 Å². The van der Waals surface area contributed by atoms with Crippen LogP contribution >= 0.6 is 11.3 Å². The number of amides is 1. The van der Waals surface area contributed by atoms with Crippen molar-refractivity contribution in [1.82, 2.24) is 14.5 Å². The minimum absolute atomic E-state index is 0.0233. The van der Waals surface area contributed by atoms with Crippen LogP contribution in [-0.2, 0) is 20.8 Å². The summed E-state index contributed by atoms with van der Waals surface area (Å²) in [5.74, 6) is -1.49. The minimum Gasteiger partial charge on any atom is -0.496 e. The van der Waals surface area contributed by atoms with Crippen molar-refractivity contribution >= 4 is 33.4 Å². The maximum Gasteiger partial charge on any atom is 0.348 e. The summed E-state index contributed by atoms with van der Waals surface area (Å²) in [4.78, 5) is 53.7. The van der Waals surface area contributed by atoms with E-state index in [0.29, 0.717) is 5.56 Å². The number of benzene rings is 1. The van der Waals surface area contributed by atoms with Gasteiger partial charge in [0, 0.05) is 11.6 Å². The van der Waals surface area contributed by atoms with Crippen molar-refractivity contribution in [2.75, 3.05) is 20.3 Å². The van der Waals surface area contributed by atoms with E-state index in [-0.39, 0.29) is 58.6 Å². The number of hydrogen-bond acceptors (Lipinski definition) is 9. The van der Waals surface area contributed by atoms with Gasteiger partial charge in [0.2, 0.25) is 5.91 Å². The lowest BCUT2D eigenvalue weighted by Crippen LogP contribution is -2.47. The standard InChI is InChI=1S/C28H33FN4O7S/c1-7-39-27(36)23-16(4)22-25(35)33(17(5)24(34)31-15(2)3)28(37)32(26(22)41-23)14-21(40-12-8-11-30)19-13-18(29)9-10-20(19)38-6/h9-10,13,15,17,21H,7-8,12,14H2,1-6H3,(H,31,34)/t17-,21+/m1/s1. The van der Waals surface area contributed by atoms with E-state index in [9.17, 15) is 23.6 Å². The Balaban J connectivity index is 2.34. The van der Waals surface area contributed by atoms with Crippen molar-refractivity contribution in [2.24, 2.45) is 0 Å². The van der Waals surface area contributed by atoms with E-state index in [4.69, 9.17) is 19.5 Å². The Kier molecular flexibility index (Phi) is 10.4. The van der Waals surface area contributed by atoms with Gasteiger partial charge in [-0.3, -0.25) is 14.2 Å². The van der Waals surface area contributed by atoms with E-state index >= 15 is 0 Å². The number of nitrogens with one attached hydrogen (secondary N) is 1. The second-order valence-electron chi connectivity index (χ2n) is 9.52. The highest BCUT2D eigenvalue weighted by atomic mass is 32.1. The Morgan fingerprint density at radius 2 is 1.93 bits per heavy atom. The predicted octanol–water partition coefficient (Wildman–Crippen LogP) is 3.61. The maximum atomic E-state index is 14.4. The van der Waals surface area contributed by atoms with E-state index in [1.165, 1.54) is 36.8 Å². The molecular formula is C28H33FN4O7S. The van der Waals surface area contributed by atoms with Crippen molar-refractivity contribution < 1.29 is 28.2 Å². The number of nitriles is 1. The molecule has 0 spiro atoms. The molecule has 220 valence electrons. The third kappa shape index (κ3) is 6.66. The van der Waals surface area contributed by atoms with E-state index in [0.717, 1.165) is 15.9 Å². The fourth-order valence-corrected chi connectivity index (χ4v) is 5.59. The largest absolute Gasteiger partial charge is 0.496 e. The Hall–Kier alpha value is -4.02. The number of hydrogen-bond donors (Lipinski definition) is 1. The fourth-order valence-electron chi connectivity index (χ4n) is 4.39. The molecule has 0 aliphatic carbocycles. The van der Waals surface area contributed by atoms with Gasteiger partial charge in [-0.1, -0.05) is 0 Å². The number of methoxy groups -OCH3 is 1. The zero-order chi connectivity index (χ0) is 30.4. The molecule has 41 heavy (non-hydrogen) atoms. The van der Waals surface area contributed by atoms with Gasteiger partial charge in [-0.15, -0.1) is 11.3 Å². The second-order valence-corrected chi connectivity index (χ2v) is 10.5. The molecular weight excluding hydrogens is 555 g/mol. The van der Waals surface area contributed by atoms with E-state index < -0.39 is 41.1 Å². The normalized spacial score (nSPS) is 12.7. The summed E-state index contributed by atoms with van der Waals surface area (Å²) < 4.78 is 33.0. The van der Waals surface area contributed by atoms with Crippen LogP contribution in [0, 0.1) is 24.1 Å². The Bertz CT molecular complexity index is 1600. The van der Waals surface area contributed by atoms with Gasteiger partial charge in [0.05, 0.1) is 44.7 Å². The summed E-state index contributed by atoms with van der Waals surface area (Å²) in [7, 11) is 1.40. The number of rotatable bonds is 12. The van der Waals surface area contributed by atoms with Crippen LogP contribution in [0.4, 0.5) is 4.39 Å². The van der Waals surface area contributed by atoms with Crippen molar-refractivity contribution in [1.29, 1.82) is 5.26 Å². The molecule has 0 saturated heterocycles. The molecule has 2 atom stereocenters. The number of carbonyl (C=O) groups is 2.